The predicted molar refractivity (Wildman–Crippen MR) is 55.1 cm³/mol. The minimum absolute atomic E-state index is 0.625. The maximum absolute atomic E-state index is 5.48. The van der Waals surface area contributed by atoms with Gasteiger partial charge in [-0.05, 0) is 19.5 Å². The van der Waals surface area contributed by atoms with Crippen LogP contribution in [0.4, 0.5) is 0 Å². The third-order valence-electron chi connectivity index (χ3n) is 1.88. The Hall–Kier alpha value is -1.00. The average Bonchev–Trinajstić information content (AvgIpc) is 2.14. The van der Waals surface area contributed by atoms with E-state index in [1.165, 1.54) is 0 Å². The molecule has 1 aromatic rings. The molecule has 0 spiro atoms. The number of hydrogen-bond acceptors (Lipinski definition) is 4. The van der Waals surface area contributed by atoms with Crippen LogP contribution in [0.1, 0.15) is 17.2 Å². The van der Waals surface area contributed by atoms with Gasteiger partial charge in [-0.2, -0.15) is 0 Å². The third kappa shape index (κ3) is 3.40. The summed E-state index contributed by atoms with van der Waals surface area (Å²) in [4.78, 5) is 8.71. The molecule has 0 aliphatic rings. The van der Waals surface area contributed by atoms with Gasteiger partial charge in [0.05, 0.1) is 6.61 Å². The Kier molecular flexibility index (Phi) is 4.49. The number of nitrogens with two attached hydrogens (primary N) is 1. The van der Waals surface area contributed by atoms with Gasteiger partial charge in [-0.1, -0.05) is 0 Å². The first-order chi connectivity index (χ1) is 6.76. The van der Waals surface area contributed by atoms with E-state index in [0.717, 1.165) is 30.1 Å². The molecule has 1 rings (SSSR count). The van der Waals surface area contributed by atoms with Gasteiger partial charge in [0.1, 0.15) is 5.82 Å². The quantitative estimate of drug-likeness (QED) is 0.742. The molecule has 4 nitrogen and oxygen atoms in total. The summed E-state index contributed by atoms with van der Waals surface area (Å²) < 4.78 is 4.98. The summed E-state index contributed by atoms with van der Waals surface area (Å²) in [5.74, 6) is 0.843. The third-order valence-corrected chi connectivity index (χ3v) is 1.88. The molecule has 0 unspecified atom stereocenters. The normalized spacial score (nSPS) is 10.5. The first-order valence-corrected chi connectivity index (χ1v) is 4.78. The fraction of sp³-hybridized carbons (Fsp3) is 0.600. The predicted octanol–water partition coefficient (Wildman–Crippen LogP) is 0.475. The van der Waals surface area contributed by atoms with E-state index in [1.807, 2.05) is 13.0 Å². The highest BCUT2D eigenvalue weighted by molar-refractivity contribution is 5.10. The fourth-order valence-corrected chi connectivity index (χ4v) is 1.28. The largest absolute Gasteiger partial charge is 0.384 e. The van der Waals surface area contributed by atoms with E-state index < -0.39 is 0 Å². The maximum atomic E-state index is 5.48. The summed E-state index contributed by atoms with van der Waals surface area (Å²) in [5.41, 5.74) is 7.49. The molecule has 0 bridgehead atoms. The zero-order valence-corrected chi connectivity index (χ0v) is 8.79. The van der Waals surface area contributed by atoms with E-state index in [0.29, 0.717) is 13.2 Å². The van der Waals surface area contributed by atoms with Gasteiger partial charge >= 0.3 is 0 Å². The van der Waals surface area contributed by atoms with Crippen molar-refractivity contribution in [2.24, 2.45) is 5.73 Å². The minimum atomic E-state index is 0.625. The van der Waals surface area contributed by atoms with E-state index in [1.54, 1.807) is 7.11 Å². The number of aryl methyl sites for hydroxylation is 1. The van der Waals surface area contributed by atoms with E-state index in [2.05, 4.69) is 9.97 Å². The Morgan fingerprint density at radius 3 is 2.79 bits per heavy atom. The van der Waals surface area contributed by atoms with Crippen LogP contribution in [-0.4, -0.2) is 30.2 Å². The monoisotopic (exact) mass is 195 g/mol. The van der Waals surface area contributed by atoms with Crippen molar-refractivity contribution in [3.8, 4) is 0 Å². The highest BCUT2D eigenvalue weighted by atomic mass is 16.5. The Balaban J connectivity index is 2.73. The topological polar surface area (TPSA) is 61.0 Å². The van der Waals surface area contributed by atoms with Gasteiger partial charge in [0.25, 0.3) is 0 Å². The van der Waals surface area contributed by atoms with Crippen molar-refractivity contribution in [2.75, 3.05) is 20.3 Å². The second-order valence-electron chi connectivity index (χ2n) is 3.20. The van der Waals surface area contributed by atoms with E-state index >= 15 is 0 Å². The molecule has 0 amide bonds. The highest BCUT2D eigenvalue weighted by Crippen LogP contribution is 2.02. The molecule has 1 heterocycles. The summed E-state index contributed by atoms with van der Waals surface area (Å²) in [5, 5.41) is 0. The molecule has 1 aromatic heterocycles. The van der Waals surface area contributed by atoms with Crippen molar-refractivity contribution in [1.29, 1.82) is 0 Å². The lowest BCUT2D eigenvalue weighted by atomic mass is 10.2. The van der Waals surface area contributed by atoms with Crippen molar-refractivity contribution in [3.05, 3.63) is 23.3 Å². The molecule has 0 aliphatic carbocycles. The molecule has 0 radical (unpaired) electrons. The van der Waals surface area contributed by atoms with Crippen LogP contribution in [0.25, 0.3) is 0 Å². The lowest BCUT2D eigenvalue weighted by Crippen LogP contribution is -2.09. The van der Waals surface area contributed by atoms with E-state index in [-0.39, 0.29) is 0 Å². The van der Waals surface area contributed by atoms with Gasteiger partial charge in [-0.3, -0.25) is 0 Å². The van der Waals surface area contributed by atoms with Crippen LogP contribution < -0.4 is 5.73 Å². The van der Waals surface area contributed by atoms with Gasteiger partial charge in [0, 0.05) is 31.3 Å². The number of methoxy groups -OCH3 is 1. The molecular weight excluding hydrogens is 178 g/mol. The SMILES string of the molecule is COCCc1nc(C)cc(CCN)n1. The Bertz CT molecular complexity index is 289. The van der Waals surface area contributed by atoms with Gasteiger partial charge in [0.2, 0.25) is 0 Å². The second-order valence-corrected chi connectivity index (χ2v) is 3.20. The zero-order valence-electron chi connectivity index (χ0n) is 8.79. The molecule has 2 N–H and O–H groups in total. The van der Waals surface area contributed by atoms with Gasteiger partial charge in [-0.15, -0.1) is 0 Å². The lowest BCUT2D eigenvalue weighted by Gasteiger charge is -2.04. The molecule has 0 saturated heterocycles. The van der Waals surface area contributed by atoms with Crippen molar-refractivity contribution >= 4 is 0 Å². The Morgan fingerprint density at radius 1 is 1.36 bits per heavy atom. The van der Waals surface area contributed by atoms with Gasteiger partial charge < -0.3 is 10.5 Å². The van der Waals surface area contributed by atoms with Crippen molar-refractivity contribution in [2.45, 2.75) is 19.8 Å². The molecule has 0 aliphatic heterocycles. The number of nitrogens with zero attached hydrogens (tertiary/aromatic N) is 2. The van der Waals surface area contributed by atoms with Crippen LogP contribution in [0.3, 0.4) is 0 Å². The highest BCUT2D eigenvalue weighted by Gasteiger charge is 2.01. The van der Waals surface area contributed by atoms with Crippen LogP contribution in [0.15, 0.2) is 6.07 Å². The average molecular weight is 195 g/mol. The molecular formula is C10H17N3O. The summed E-state index contributed by atoms with van der Waals surface area (Å²) >= 11 is 0. The van der Waals surface area contributed by atoms with E-state index in [9.17, 15) is 0 Å². The summed E-state index contributed by atoms with van der Waals surface area (Å²) in [6.45, 7) is 3.25. The maximum Gasteiger partial charge on any atom is 0.131 e. The Morgan fingerprint density at radius 2 is 2.14 bits per heavy atom. The summed E-state index contributed by atoms with van der Waals surface area (Å²) in [7, 11) is 1.68. The van der Waals surface area contributed by atoms with Gasteiger partial charge in [0.15, 0.2) is 0 Å². The molecule has 4 heteroatoms. The van der Waals surface area contributed by atoms with Crippen molar-refractivity contribution < 1.29 is 4.74 Å². The molecule has 0 aromatic carbocycles. The number of ether oxygens (including phenoxy) is 1. The Labute approximate surface area is 84.5 Å². The van der Waals surface area contributed by atoms with Crippen LogP contribution in [0.2, 0.25) is 0 Å². The van der Waals surface area contributed by atoms with Crippen molar-refractivity contribution in [1.82, 2.24) is 9.97 Å². The molecule has 0 atom stereocenters. The first-order valence-electron chi connectivity index (χ1n) is 4.78. The van der Waals surface area contributed by atoms with Crippen LogP contribution in [0, 0.1) is 6.92 Å². The van der Waals surface area contributed by atoms with Crippen LogP contribution >= 0.6 is 0 Å². The standard InChI is InChI=1S/C10H17N3O/c1-8-7-9(3-5-11)13-10(12-8)4-6-14-2/h7H,3-6,11H2,1-2H3. The number of hydrogen-bond donors (Lipinski definition) is 1. The number of rotatable bonds is 5. The summed E-state index contributed by atoms with van der Waals surface area (Å²) in [6, 6.07) is 1.98. The van der Waals surface area contributed by atoms with E-state index in [4.69, 9.17) is 10.5 Å². The molecule has 14 heavy (non-hydrogen) atoms. The summed E-state index contributed by atoms with van der Waals surface area (Å²) in [6.07, 6.45) is 1.57. The second kappa shape index (κ2) is 5.67. The number of aromatic nitrogens is 2. The zero-order chi connectivity index (χ0) is 10.4. The molecule has 78 valence electrons. The van der Waals surface area contributed by atoms with Crippen molar-refractivity contribution in [3.63, 3.8) is 0 Å². The van der Waals surface area contributed by atoms with Crippen LogP contribution in [-0.2, 0) is 17.6 Å². The lowest BCUT2D eigenvalue weighted by molar-refractivity contribution is 0.200. The first kappa shape index (κ1) is 11.1. The molecule has 0 fully saturated rings. The fourth-order valence-electron chi connectivity index (χ4n) is 1.28. The molecule has 0 saturated carbocycles. The smallest absolute Gasteiger partial charge is 0.131 e. The van der Waals surface area contributed by atoms with Crippen LogP contribution in [0.5, 0.6) is 0 Å². The van der Waals surface area contributed by atoms with Gasteiger partial charge in [-0.25, -0.2) is 9.97 Å². The minimum Gasteiger partial charge on any atom is -0.384 e.